The minimum absolute atomic E-state index is 0.0656. The minimum atomic E-state index is -0.884. The third kappa shape index (κ3) is 3.63. The monoisotopic (exact) mass is 388 g/mol. The van der Waals surface area contributed by atoms with Gasteiger partial charge in [0.2, 0.25) is 17.7 Å². The molecule has 4 rings (SSSR count). The summed E-state index contributed by atoms with van der Waals surface area (Å²) in [5, 5.41) is 0. The first-order valence-electron chi connectivity index (χ1n) is 9.32. The topological polar surface area (TPSA) is 58.6 Å². The smallest absolute Gasteiger partial charge is 0.228 e. The van der Waals surface area contributed by atoms with Gasteiger partial charge in [-0.2, -0.15) is 4.98 Å². The van der Waals surface area contributed by atoms with Crippen molar-refractivity contribution in [2.75, 3.05) is 31.6 Å². The van der Waals surface area contributed by atoms with Crippen LogP contribution in [0.4, 0.5) is 14.7 Å². The summed E-state index contributed by atoms with van der Waals surface area (Å²) in [4.78, 5) is 25.1. The molecule has 2 saturated heterocycles. The molecule has 0 atom stereocenters. The maximum Gasteiger partial charge on any atom is 0.228 e. The molecule has 6 nitrogen and oxygen atoms in total. The van der Waals surface area contributed by atoms with E-state index in [-0.39, 0.29) is 11.3 Å². The average Bonchev–Trinajstić information content (AvgIpc) is 3.00. The second-order valence-electron chi connectivity index (χ2n) is 7.56. The zero-order valence-electron chi connectivity index (χ0n) is 15.7. The van der Waals surface area contributed by atoms with Crippen LogP contribution in [0.5, 0.6) is 5.88 Å². The van der Waals surface area contributed by atoms with Gasteiger partial charge in [0, 0.05) is 50.3 Å². The number of ether oxygens (including phenoxy) is 1. The van der Waals surface area contributed by atoms with Crippen LogP contribution in [0.2, 0.25) is 0 Å². The number of hydrogen-bond acceptors (Lipinski definition) is 5. The van der Waals surface area contributed by atoms with E-state index in [9.17, 15) is 13.6 Å². The molecule has 2 aliphatic rings. The summed E-state index contributed by atoms with van der Waals surface area (Å²) in [6.07, 6.45) is 3.87. The van der Waals surface area contributed by atoms with Crippen molar-refractivity contribution in [3.63, 3.8) is 0 Å². The number of aromatic nitrogens is 2. The van der Waals surface area contributed by atoms with Crippen molar-refractivity contribution in [3.8, 4) is 5.88 Å². The van der Waals surface area contributed by atoms with E-state index in [1.54, 1.807) is 24.3 Å². The van der Waals surface area contributed by atoms with Crippen LogP contribution in [0.25, 0.3) is 0 Å². The minimum Gasteiger partial charge on any atom is -0.481 e. The highest BCUT2D eigenvalue weighted by atomic mass is 19.2. The van der Waals surface area contributed by atoms with Crippen molar-refractivity contribution < 1.29 is 18.3 Å². The van der Waals surface area contributed by atoms with Crippen LogP contribution < -0.4 is 9.64 Å². The van der Waals surface area contributed by atoms with Gasteiger partial charge in [-0.25, -0.2) is 13.8 Å². The third-order valence-electron chi connectivity index (χ3n) is 5.70. The first kappa shape index (κ1) is 18.6. The Bertz CT molecular complexity index is 884. The number of rotatable bonds is 4. The molecular formula is C20H22F2N4O2. The first-order valence-corrected chi connectivity index (χ1v) is 9.32. The summed E-state index contributed by atoms with van der Waals surface area (Å²) >= 11 is 0. The molecule has 8 heteroatoms. The van der Waals surface area contributed by atoms with Gasteiger partial charge >= 0.3 is 0 Å². The van der Waals surface area contributed by atoms with Crippen LogP contribution in [0.3, 0.4) is 0 Å². The predicted octanol–water partition coefficient (Wildman–Crippen LogP) is 2.78. The molecule has 1 amide bonds. The first-order chi connectivity index (χ1) is 13.5. The molecular weight excluding hydrogens is 366 g/mol. The Kier molecular flexibility index (Phi) is 4.87. The molecule has 148 valence electrons. The number of likely N-dealkylation sites (tertiary alicyclic amines) is 1. The average molecular weight is 388 g/mol. The Hall–Kier alpha value is -2.77. The number of carbonyl (C=O) groups is 1. The molecule has 28 heavy (non-hydrogen) atoms. The lowest BCUT2D eigenvalue weighted by atomic mass is 9.77. The number of methoxy groups -OCH3 is 1. The Balaban J connectivity index is 1.40. The molecule has 3 heterocycles. The van der Waals surface area contributed by atoms with E-state index in [2.05, 4.69) is 14.9 Å². The van der Waals surface area contributed by atoms with E-state index in [1.807, 2.05) is 0 Å². The van der Waals surface area contributed by atoms with Crippen LogP contribution in [-0.2, 0) is 11.3 Å². The van der Waals surface area contributed by atoms with Gasteiger partial charge in [-0.05, 0) is 30.5 Å². The number of anilines is 1. The molecule has 0 unspecified atom stereocenters. The molecule has 0 aliphatic carbocycles. The van der Waals surface area contributed by atoms with E-state index < -0.39 is 11.6 Å². The molecule has 1 aromatic carbocycles. The SMILES string of the molecule is COc1ccnc(N2CCC3(CC2)CC(=O)N(Cc2ccc(F)c(F)c2)C3)n1. The Morgan fingerprint density at radius 2 is 1.96 bits per heavy atom. The molecule has 0 bridgehead atoms. The van der Waals surface area contributed by atoms with Crippen LogP contribution in [0.1, 0.15) is 24.8 Å². The van der Waals surface area contributed by atoms with Crippen LogP contribution in [0.15, 0.2) is 30.5 Å². The van der Waals surface area contributed by atoms with E-state index in [0.29, 0.717) is 36.9 Å². The number of nitrogens with zero attached hydrogens (tertiary/aromatic N) is 4. The third-order valence-corrected chi connectivity index (χ3v) is 5.70. The standard InChI is InChI=1S/C20H22F2N4O2/c1-28-17-4-7-23-19(24-17)25-8-5-20(6-9-25)11-18(27)26(13-20)12-14-2-3-15(21)16(22)10-14/h2-4,7,10H,5-6,8-9,11-13H2,1H3. The summed E-state index contributed by atoms with van der Waals surface area (Å²) < 4.78 is 31.7. The molecule has 0 radical (unpaired) electrons. The van der Waals surface area contributed by atoms with Crippen molar-refractivity contribution >= 4 is 11.9 Å². The fraction of sp³-hybridized carbons (Fsp3) is 0.450. The number of hydrogen-bond donors (Lipinski definition) is 0. The van der Waals surface area contributed by atoms with Crippen molar-refractivity contribution in [1.29, 1.82) is 0 Å². The molecule has 0 saturated carbocycles. The van der Waals surface area contributed by atoms with E-state index in [1.165, 1.54) is 6.07 Å². The summed E-state index contributed by atoms with van der Waals surface area (Å²) in [7, 11) is 1.57. The fourth-order valence-electron chi connectivity index (χ4n) is 4.10. The van der Waals surface area contributed by atoms with Gasteiger partial charge in [0.05, 0.1) is 7.11 Å². The molecule has 1 aromatic heterocycles. The largest absolute Gasteiger partial charge is 0.481 e. The van der Waals surface area contributed by atoms with Crippen molar-refractivity contribution in [2.45, 2.75) is 25.8 Å². The van der Waals surface area contributed by atoms with E-state index in [4.69, 9.17) is 4.74 Å². The second-order valence-corrected chi connectivity index (χ2v) is 7.56. The van der Waals surface area contributed by atoms with E-state index >= 15 is 0 Å². The maximum atomic E-state index is 13.5. The van der Waals surface area contributed by atoms with Gasteiger partial charge in [-0.15, -0.1) is 0 Å². The maximum absolute atomic E-state index is 13.5. The number of halogens is 2. The van der Waals surface area contributed by atoms with Gasteiger partial charge in [-0.3, -0.25) is 4.79 Å². The zero-order valence-corrected chi connectivity index (χ0v) is 15.7. The predicted molar refractivity (Wildman–Crippen MR) is 98.9 cm³/mol. The molecule has 2 aromatic rings. The summed E-state index contributed by atoms with van der Waals surface area (Å²) in [6.45, 7) is 2.47. The summed E-state index contributed by atoms with van der Waals surface area (Å²) in [6, 6.07) is 5.50. The Morgan fingerprint density at radius 3 is 2.68 bits per heavy atom. The van der Waals surface area contributed by atoms with Gasteiger partial charge < -0.3 is 14.5 Å². The normalized spacial score (nSPS) is 18.8. The Morgan fingerprint density at radius 1 is 1.18 bits per heavy atom. The van der Waals surface area contributed by atoms with Crippen LogP contribution in [0, 0.1) is 17.0 Å². The lowest BCUT2D eigenvalue weighted by Crippen LogP contribution is -2.42. The van der Waals surface area contributed by atoms with Crippen molar-refractivity contribution in [1.82, 2.24) is 14.9 Å². The quantitative estimate of drug-likeness (QED) is 0.806. The van der Waals surface area contributed by atoms with Gasteiger partial charge in [0.1, 0.15) is 0 Å². The lowest BCUT2D eigenvalue weighted by Gasteiger charge is -2.38. The molecule has 1 spiro atoms. The zero-order chi connectivity index (χ0) is 19.7. The number of amides is 1. The summed E-state index contributed by atoms with van der Waals surface area (Å²) in [5.74, 6) is -0.530. The number of benzene rings is 1. The van der Waals surface area contributed by atoms with E-state index in [0.717, 1.165) is 38.1 Å². The highest BCUT2D eigenvalue weighted by molar-refractivity contribution is 5.79. The molecule has 2 fully saturated rings. The lowest BCUT2D eigenvalue weighted by molar-refractivity contribution is -0.128. The van der Waals surface area contributed by atoms with Crippen molar-refractivity contribution in [2.24, 2.45) is 5.41 Å². The Labute approximate surface area is 162 Å². The summed E-state index contributed by atoms with van der Waals surface area (Å²) in [5.41, 5.74) is 0.525. The molecule has 2 aliphatic heterocycles. The highest BCUT2D eigenvalue weighted by Gasteiger charge is 2.45. The molecule has 0 N–H and O–H groups in total. The number of piperidine rings is 1. The number of carbonyl (C=O) groups excluding carboxylic acids is 1. The second kappa shape index (κ2) is 7.33. The fourth-order valence-corrected chi connectivity index (χ4v) is 4.10. The van der Waals surface area contributed by atoms with Crippen molar-refractivity contribution in [3.05, 3.63) is 47.7 Å². The van der Waals surface area contributed by atoms with Gasteiger partial charge in [0.25, 0.3) is 0 Å². The van der Waals surface area contributed by atoms with Gasteiger partial charge in [0.15, 0.2) is 11.6 Å². The van der Waals surface area contributed by atoms with Crippen LogP contribution in [-0.4, -0.2) is 47.5 Å². The van der Waals surface area contributed by atoms with Crippen LogP contribution >= 0.6 is 0 Å². The van der Waals surface area contributed by atoms with Gasteiger partial charge in [-0.1, -0.05) is 6.07 Å². The highest BCUT2D eigenvalue weighted by Crippen LogP contribution is 2.42.